The van der Waals surface area contributed by atoms with Crippen LogP contribution in [0.25, 0.3) is 11.1 Å². The van der Waals surface area contributed by atoms with Gasteiger partial charge in [0, 0.05) is 23.6 Å². The van der Waals surface area contributed by atoms with E-state index in [4.69, 9.17) is 9.57 Å². The first-order valence-electron chi connectivity index (χ1n) is 16.4. The fraction of sp³-hybridized carbons (Fsp3) is 0.400. The van der Waals surface area contributed by atoms with E-state index in [2.05, 4.69) is 32.4 Å². The van der Waals surface area contributed by atoms with Crippen molar-refractivity contribution in [2.75, 3.05) is 19.7 Å². The highest BCUT2D eigenvalue weighted by Gasteiger charge is 2.62. The summed E-state index contributed by atoms with van der Waals surface area (Å²) in [5, 5.41) is 12.1. The van der Waals surface area contributed by atoms with Gasteiger partial charge < -0.3 is 25.5 Å². The Morgan fingerprint density at radius 3 is 2.53 bits per heavy atom. The fourth-order valence-corrected chi connectivity index (χ4v) is 8.22. The van der Waals surface area contributed by atoms with E-state index < -0.39 is 68.3 Å². The van der Waals surface area contributed by atoms with E-state index in [0.29, 0.717) is 24.3 Å². The molecule has 1 aliphatic heterocycles. The maximum absolute atomic E-state index is 13.9. The van der Waals surface area contributed by atoms with Crippen LogP contribution in [0.3, 0.4) is 0 Å². The van der Waals surface area contributed by atoms with Gasteiger partial charge in [0.05, 0.1) is 23.6 Å². The van der Waals surface area contributed by atoms with Gasteiger partial charge in [-0.1, -0.05) is 41.6 Å². The molecule has 3 fully saturated rings. The molecular formula is C35H37N5O8S. The third-order valence-electron chi connectivity index (χ3n) is 9.81. The van der Waals surface area contributed by atoms with E-state index in [1.54, 1.807) is 12.2 Å². The SMILES string of the molecule is C=C[C@@H]1C[C@]1(NC(=O)[C@@H]1C[C@@H]2C[C@H]1C(=O)NCC(=O)NCC=CCOc1ccc3c(c1)C(=NO2)c1ccccc1-3)C(=O)NS(=O)(=O)C1CC1. The molecule has 5 atom stereocenters. The van der Waals surface area contributed by atoms with Crippen LogP contribution in [0, 0.1) is 17.8 Å². The Bertz CT molecular complexity index is 1900. The Morgan fingerprint density at radius 1 is 1.00 bits per heavy atom. The predicted octanol–water partition coefficient (Wildman–Crippen LogP) is 1.68. The largest absolute Gasteiger partial charge is 0.490 e. The highest BCUT2D eigenvalue weighted by atomic mass is 32.2. The maximum atomic E-state index is 13.9. The van der Waals surface area contributed by atoms with E-state index in [-0.39, 0.29) is 39.0 Å². The van der Waals surface area contributed by atoms with Crippen LogP contribution in [-0.2, 0) is 34.0 Å². The van der Waals surface area contributed by atoms with Crippen LogP contribution in [0.5, 0.6) is 5.75 Å². The second-order valence-electron chi connectivity index (χ2n) is 13.1. The summed E-state index contributed by atoms with van der Waals surface area (Å²) in [5.41, 5.74) is 2.71. The van der Waals surface area contributed by atoms with E-state index in [1.165, 1.54) is 6.08 Å². The van der Waals surface area contributed by atoms with Crippen molar-refractivity contribution in [1.29, 1.82) is 0 Å². The van der Waals surface area contributed by atoms with Gasteiger partial charge in [-0.15, -0.1) is 6.58 Å². The first-order chi connectivity index (χ1) is 23.6. The molecule has 14 heteroatoms. The first kappa shape index (κ1) is 32.6. The van der Waals surface area contributed by atoms with Gasteiger partial charge in [-0.25, -0.2) is 8.42 Å². The van der Waals surface area contributed by atoms with Crippen LogP contribution in [0.4, 0.5) is 0 Å². The van der Waals surface area contributed by atoms with Gasteiger partial charge in [0.1, 0.15) is 29.7 Å². The molecule has 1 heterocycles. The minimum Gasteiger partial charge on any atom is -0.490 e. The van der Waals surface area contributed by atoms with E-state index in [9.17, 15) is 27.6 Å². The summed E-state index contributed by atoms with van der Waals surface area (Å²) in [6, 6.07) is 13.5. The smallest absolute Gasteiger partial charge is 0.259 e. The van der Waals surface area contributed by atoms with Crippen molar-refractivity contribution < 1.29 is 37.2 Å². The lowest BCUT2D eigenvalue weighted by Crippen LogP contribution is -2.54. The van der Waals surface area contributed by atoms with Crippen molar-refractivity contribution in [3.05, 3.63) is 78.4 Å². The van der Waals surface area contributed by atoms with Crippen LogP contribution < -0.4 is 25.4 Å². The zero-order chi connectivity index (χ0) is 34.3. The third kappa shape index (κ3) is 6.44. The summed E-state index contributed by atoms with van der Waals surface area (Å²) in [4.78, 5) is 59.3. The van der Waals surface area contributed by atoms with Crippen LogP contribution in [-0.4, -0.2) is 74.3 Å². The standard InChI is InChI=1S/C35H37N5O8S/c1-2-20-18-35(20,34(44)40-49(45,46)23-10-11-23)38-33(43)29-17-22-16-28(29)32(42)37-19-30(41)36-13-5-6-14-47-21-9-12-25-24-7-3-4-8-26(24)31(39-48-22)27(25)15-21/h2-9,12,15,20,22-23,28-29H,1,10-11,13-14,16-19H2,(H,36,41)(H,37,42)(H,38,43)(H,40,44)/t20-,22+,28-,29-,35-/m1/s1. The second kappa shape index (κ2) is 12.8. The Hall–Kier alpha value is -4.98. The lowest BCUT2D eigenvalue weighted by molar-refractivity contribution is -0.136. The van der Waals surface area contributed by atoms with Crippen molar-refractivity contribution in [3.8, 4) is 16.9 Å². The van der Waals surface area contributed by atoms with Crippen molar-refractivity contribution in [1.82, 2.24) is 20.7 Å². The van der Waals surface area contributed by atoms with Gasteiger partial charge in [0.2, 0.25) is 27.7 Å². The van der Waals surface area contributed by atoms with E-state index in [1.807, 2.05) is 42.5 Å². The van der Waals surface area contributed by atoms with Gasteiger partial charge in [0.25, 0.3) is 5.91 Å². The number of carbonyl (C=O) groups is 4. The van der Waals surface area contributed by atoms with Gasteiger partial charge in [-0.2, -0.15) is 0 Å². The number of amides is 4. The van der Waals surface area contributed by atoms with Crippen LogP contribution in [0.2, 0.25) is 0 Å². The Balaban J connectivity index is 1.16. The van der Waals surface area contributed by atoms with Crippen LogP contribution in [0.15, 0.2) is 72.4 Å². The summed E-state index contributed by atoms with van der Waals surface area (Å²) in [5.74, 6) is -4.10. The Kier molecular flexibility index (Phi) is 8.51. The topological polar surface area (TPSA) is 181 Å². The highest BCUT2D eigenvalue weighted by Crippen LogP contribution is 2.46. The average molecular weight is 688 g/mol. The number of rotatable bonds is 6. The molecule has 4 aliphatic carbocycles. The molecule has 0 spiro atoms. The number of fused-ring (bicyclic) bond motifs is 6. The van der Waals surface area contributed by atoms with Crippen molar-refractivity contribution >= 4 is 39.4 Å². The molecule has 0 radical (unpaired) electrons. The Labute approximate surface area is 283 Å². The third-order valence-corrected chi connectivity index (χ3v) is 11.6. The van der Waals surface area contributed by atoms with Gasteiger partial charge >= 0.3 is 0 Å². The van der Waals surface area contributed by atoms with Gasteiger partial charge in [0.15, 0.2) is 0 Å². The lowest BCUT2D eigenvalue weighted by atomic mass is 9.93. The number of benzene rings is 2. The molecule has 4 bridgehead atoms. The molecule has 256 valence electrons. The number of sulfonamides is 1. The number of hydrogen-bond donors (Lipinski definition) is 4. The molecule has 4 N–H and O–H groups in total. The number of ether oxygens (including phenoxy) is 1. The van der Waals surface area contributed by atoms with Crippen molar-refractivity contribution in [2.24, 2.45) is 22.9 Å². The molecule has 2 aromatic carbocycles. The number of nitrogens with one attached hydrogen (secondary N) is 4. The number of nitrogens with zero attached hydrogens (tertiary/aromatic N) is 1. The predicted molar refractivity (Wildman–Crippen MR) is 179 cm³/mol. The molecule has 13 nitrogen and oxygen atoms in total. The monoisotopic (exact) mass is 687 g/mol. The van der Waals surface area contributed by atoms with Gasteiger partial charge in [-0.05, 0) is 67.5 Å². The van der Waals surface area contributed by atoms with Crippen LogP contribution in [0.1, 0.15) is 43.2 Å². The van der Waals surface area contributed by atoms with Gasteiger partial charge in [-0.3, -0.25) is 23.9 Å². The first-order valence-corrected chi connectivity index (χ1v) is 17.9. The second-order valence-corrected chi connectivity index (χ2v) is 15.1. The molecule has 5 aliphatic rings. The van der Waals surface area contributed by atoms with Crippen molar-refractivity contribution in [3.63, 3.8) is 0 Å². The van der Waals surface area contributed by atoms with E-state index in [0.717, 1.165) is 22.3 Å². The molecule has 49 heavy (non-hydrogen) atoms. The molecule has 0 aromatic heterocycles. The number of hydrogen-bond acceptors (Lipinski definition) is 9. The quantitative estimate of drug-likeness (QED) is 0.283. The molecule has 3 saturated carbocycles. The molecule has 4 amide bonds. The zero-order valence-electron chi connectivity index (χ0n) is 26.6. The molecule has 2 aromatic rings. The fourth-order valence-electron chi connectivity index (χ4n) is 6.85. The van der Waals surface area contributed by atoms with Crippen LogP contribution >= 0.6 is 0 Å². The number of carbonyl (C=O) groups excluding carboxylic acids is 4. The van der Waals surface area contributed by atoms with E-state index >= 15 is 0 Å². The summed E-state index contributed by atoms with van der Waals surface area (Å²) in [7, 11) is -3.86. The Morgan fingerprint density at radius 2 is 1.78 bits per heavy atom. The summed E-state index contributed by atoms with van der Waals surface area (Å²) in [6.45, 7) is 3.94. The average Bonchev–Trinajstić information content (AvgIpc) is 4.00. The lowest BCUT2D eigenvalue weighted by Gasteiger charge is -2.23. The summed E-state index contributed by atoms with van der Waals surface area (Å²) in [6.07, 6.45) is 5.68. The number of oxime groups is 1. The van der Waals surface area contributed by atoms with Crippen molar-refractivity contribution in [2.45, 2.75) is 49.0 Å². The molecule has 0 saturated heterocycles. The normalized spacial score (nSPS) is 27.7. The highest BCUT2D eigenvalue weighted by molar-refractivity contribution is 7.91. The maximum Gasteiger partial charge on any atom is 0.259 e. The zero-order valence-corrected chi connectivity index (χ0v) is 27.5. The summed E-state index contributed by atoms with van der Waals surface area (Å²) >= 11 is 0. The molecule has 0 unspecified atom stereocenters. The minimum absolute atomic E-state index is 0.0895. The summed E-state index contributed by atoms with van der Waals surface area (Å²) < 4.78 is 33.2. The molecule has 7 rings (SSSR count). The molecular weight excluding hydrogens is 650 g/mol. The minimum atomic E-state index is -3.86.